The molecule has 0 saturated heterocycles. The Morgan fingerprint density at radius 3 is 2.20 bits per heavy atom. The second-order valence-electron chi connectivity index (χ2n) is 4.66. The van der Waals surface area contributed by atoms with Crippen LogP contribution in [0.3, 0.4) is 0 Å². The van der Waals surface area contributed by atoms with Crippen molar-refractivity contribution in [2.75, 3.05) is 0 Å². The maximum Gasteiger partial charge on any atom is 0.442 e. The van der Waals surface area contributed by atoms with Crippen molar-refractivity contribution in [1.82, 2.24) is 4.98 Å². The van der Waals surface area contributed by atoms with Crippen LogP contribution in [0.5, 0.6) is 0 Å². The van der Waals surface area contributed by atoms with Crippen LogP contribution in [0.15, 0.2) is 54.7 Å². The summed E-state index contributed by atoms with van der Waals surface area (Å²) in [4.78, 5) is 4.11. The van der Waals surface area contributed by atoms with Crippen LogP contribution in [0.25, 0.3) is 0 Å². The molecular weight excluding hydrogens is 283 g/mol. The number of benzene rings is 1. The molecule has 0 saturated carbocycles. The lowest BCUT2D eigenvalue weighted by Crippen LogP contribution is -2.26. The fourth-order valence-electron chi connectivity index (χ4n) is 2.10. The van der Waals surface area contributed by atoms with E-state index in [-0.39, 0.29) is 18.2 Å². The quantitative estimate of drug-likeness (QED) is 0.804. The molecule has 1 heterocycles. The summed E-state index contributed by atoms with van der Waals surface area (Å²) in [6.07, 6.45) is 1.80. The van der Waals surface area contributed by atoms with Crippen molar-refractivity contribution in [1.29, 1.82) is 0 Å². The van der Waals surface area contributed by atoms with Gasteiger partial charge in [0, 0.05) is 6.20 Å². The average Bonchev–Trinajstić information content (AvgIpc) is 2.39. The van der Waals surface area contributed by atoms with Crippen LogP contribution in [0.2, 0.25) is 0 Å². The Kier molecular flexibility index (Phi) is 4.38. The molecule has 0 aliphatic rings. The molecule has 1 unspecified atom stereocenters. The van der Waals surface area contributed by atoms with Gasteiger partial charge in [-0.25, -0.2) is 0 Å². The van der Waals surface area contributed by atoms with Crippen molar-refractivity contribution in [3.8, 4) is 0 Å². The largest absolute Gasteiger partial charge is 0.442 e. The second kappa shape index (κ2) is 5.87. The van der Waals surface area contributed by atoms with Crippen LogP contribution in [0.1, 0.15) is 18.2 Å². The first-order chi connectivity index (χ1) is 9.39. The van der Waals surface area contributed by atoms with E-state index in [9.17, 15) is 13.2 Å². The number of alkyl halides is 3. The highest BCUT2D eigenvalue weighted by Gasteiger charge is 2.42. The molecule has 20 heavy (non-hydrogen) atoms. The van der Waals surface area contributed by atoms with Gasteiger partial charge in [-0.2, -0.15) is 13.2 Å². The maximum absolute atomic E-state index is 12.9. The summed E-state index contributed by atoms with van der Waals surface area (Å²) in [7, 11) is 0. The number of hydrogen-bond donors (Lipinski definition) is 0. The molecule has 106 valence electrons. The molecule has 5 heteroatoms. The third-order valence-electron chi connectivity index (χ3n) is 2.93. The normalized spacial score (nSPS) is 14.8. The van der Waals surface area contributed by atoms with Gasteiger partial charge in [-0.1, -0.05) is 36.4 Å². The van der Waals surface area contributed by atoms with Gasteiger partial charge in [-0.05, 0) is 42.8 Å². The number of hydrogen-bond acceptors (Lipinski definition) is 2. The van der Waals surface area contributed by atoms with Gasteiger partial charge < -0.3 is 0 Å². The minimum Gasteiger partial charge on any atom is -0.260 e. The lowest BCUT2D eigenvalue weighted by Gasteiger charge is -2.29. The van der Waals surface area contributed by atoms with Crippen LogP contribution < -0.4 is 0 Å². The summed E-state index contributed by atoms with van der Waals surface area (Å²) in [5, 5.41) is 0. The van der Waals surface area contributed by atoms with Crippen LogP contribution >= 0.6 is 11.8 Å². The van der Waals surface area contributed by atoms with E-state index in [0.717, 1.165) is 5.56 Å². The standard InChI is InChI=1S/C15H14F3NS/c1-14(20-15(16,17)18,13-9-5-6-10-19-13)11-12-7-3-2-4-8-12/h2-10H,11H2,1H3. The molecule has 0 amide bonds. The summed E-state index contributed by atoms with van der Waals surface area (Å²) < 4.78 is 37.5. The summed E-state index contributed by atoms with van der Waals surface area (Å²) >= 11 is -0.0104. The number of aromatic nitrogens is 1. The number of halogens is 3. The van der Waals surface area contributed by atoms with E-state index in [4.69, 9.17) is 0 Å². The van der Waals surface area contributed by atoms with Crippen molar-refractivity contribution in [2.45, 2.75) is 23.6 Å². The van der Waals surface area contributed by atoms with Crippen LogP contribution in [-0.4, -0.2) is 10.5 Å². The predicted molar refractivity (Wildman–Crippen MR) is 75.4 cm³/mol. The van der Waals surface area contributed by atoms with Gasteiger partial charge in [0.05, 0.1) is 10.4 Å². The van der Waals surface area contributed by atoms with E-state index in [1.807, 2.05) is 30.3 Å². The molecule has 0 aliphatic carbocycles. The van der Waals surface area contributed by atoms with Crippen molar-refractivity contribution in [3.05, 3.63) is 66.0 Å². The molecule has 1 aromatic carbocycles. The Labute approximate surface area is 120 Å². The average molecular weight is 297 g/mol. The first kappa shape index (κ1) is 14.9. The third-order valence-corrected chi connectivity index (χ3v) is 3.97. The molecule has 0 spiro atoms. The van der Waals surface area contributed by atoms with E-state index < -0.39 is 10.3 Å². The van der Waals surface area contributed by atoms with Gasteiger partial charge in [0.25, 0.3) is 0 Å². The number of thioether (sulfide) groups is 1. The lowest BCUT2D eigenvalue weighted by molar-refractivity contribution is -0.0343. The SMILES string of the molecule is CC(Cc1ccccc1)(SC(F)(F)F)c1ccccn1. The second-order valence-corrected chi connectivity index (χ2v) is 6.22. The molecule has 1 atom stereocenters. The Bertz CT molecular complexity index is 542. The Morgan fingerprint density at radius 2 is 1.65 bits per heavy atom. The summed E-state index contributed by atoms with van der Waals surface area (Å²) in [5.74, 6) is 0. The number of rotatable bonds is 4. The minimum absolute atomic E-state index is 0.0104. The van der Waals surface area contributed by atoms with Gasteiger partial charge in [0.1, 0.15) is 0 Å². The van der Waals surface area contributed by atoms with Crippen LogP contribution in [0.4, 0.5) is 13.2 Å². The summed E-state index contributed by atoms with van der Waals surface area (Å²) in [6.45, 7) is 1.58. The fourth-order valence-corrected chi connectivity index (χ4v) is 3.07. The van der Waals surface area contributed by atoms with E-state index in [0.29, 0.717) is 5.69 Å². The van der Waals surface area contributed by atoms with Gasteiger partial charge >= 0.3 is 5.51 Å². The molecule has 1 nitrogen and oxygen atoms in total. The zero-order chi connectivity index (χ0) is 14.6. The summed E-state index contributed by atoms with van der Waals surface area (Å²) in [6, 6.07) is 14.2. The zero-order valence-electron chi connectivity index (χ0n) is 10.9. The van der Waals surface area contributed by atoms with Crippen molar-refractivity contribution < 1.29 is 13.2 Å². The molecule has 0 bridgehead atoms. The van der Waals surface area contributed by atoms with Gasteiger partial charge in [0.2, 0.25) is 0 Å². The molecule has 0 aliphatic heterocycles. The Morgan fingerprint density at radius 1 is 1.00 bits per heavy atom. The van der Waals surface area contributed by atoms with E-state index in [1.54, 1.807) is 25.1 Å². The molecule has 0 N–H and O–H groups in total. The van der Waals surface area contributed by atoms with Gasteiger partial charge in [-0.15, -0.1) is 0 Å². The molecule has 2 aromatic rings. The van der Waals surface area contributed by atoms with Crippen molar-refractivity contribution >= 4 is 11.8 Å². The molecule has 2 rings (SSSR count). The van der Waals surface area contributed by atoms with E-state index in [2.05, 4.69) is 4.98 Å². The monoisotopic (exact) mass is 297 g/mol. The third kappa shape index (κ3) is 4.00. The highest BCUT2D eigenvalue weighted by atomic mass is 32.2. The van der Waals surface area contributed by atoms with Gasteiger partial charge in [-0.3, -0.25) is 4.98 Å². The van der Waals surface area contributed by atoms with Crippen LogP contribution in [0, 0.1) is 0 Å². The summed E-state index contributed by atoms with van der Waals surface area (Å²) in [5.41, 5.74) is -3.01. The highest BCUT2D eigenvalue weighted by Crippen LogP contribution is 2.47. The molecule has 0 fully saturated rings. The number of pyridine rings is 1. The Hall–Kier alpha value is -1.49. The number of nitrogens with zero attached hydrogens (tertiary/aromatic N) is 1. The smallest absolute Gasteiger partial charge is 0.260 e. The van der Waals surface area contributed by atoms with Crippen LogP contribution in [-0.2, 0) is 11.2 Å². The topological polar surface area (TPSA) is 12.9 Å². The van der Waals surface area contributed by atoms with E-state index >= 15 is 0 Å². The highest BCUT2D eigenvalue weighted by molar-refractivity contribution is 8.01. The lowest BCUT2D eigenvalue weighted by atomic mass is 9.96. The molecular formula is C15H14F3NS. The zero-order valence-corrected chi connectivity index (χ0v) is 11.7. The van der Waals surface area contributed by atoms with E-state index in [1.165, 1.54) is 6.20 Å². The predicted octanol–water partition coefficient (Wildman–Crippen LogP) is 4.79. The fraction of sp³-hybridized carbons (Fsp3) is 0.267. The van der Waals surface area contributed by atoms with Crippen molar-refractivity contribution in [3.63, 3.8) is 0 Å². The van der Waals surface area contributed by atoms with Crippen molar-refractivity contribution in [2.24, 2.45) is 0 Å². The molecule has 1 aromatic heterocycles. The minimum atomic E-state index is -4.30. The Balaban J connectivity index is 2.34. The molecule has 0 radical (unpaired) electrons. The maximum atomic E-state index is 12.9. The first-order valence-corrected chi connectivity index (χ1v) is 6.93. The first-order valence-electron chi connectivity index (χ1n) is 6.11. The van der Waals surface area contributed by atoms with Gasteiger partial charge in [0.15, 0.2) is 0 Å².